The molecular formula is C34H28F5N5O6S2. The van der Waals surface area contributed by atoms with Crippen LogP contribution in [0.4, 0.5) is 32.4 Å². The molecule has 6 rings (SSSR count). The molecule has 11 nitrogen and oxygen atoms in total. The Hall–Kier alpha value is -5.36. The monoisotopic (exact) mass is 761 g/mol. The third kappa shape index (κ3) is 7.34. The first-order valence-electron chi connectivity index (χ1n) is 15.5. The van der Waals surface area contributed by atoms with Crippen LogP contribution in [-0.4, -0.2) is 59.9 Å². The summed E-state index contributed by atoms with van der Waals surface area (Å²) >= 11 is 0.777. The molecule has 272 valence electrons. The summed E-state index contributed by atoms with van der Waals surface area (Å²) in [4.78, 5) is 53.3. The Bertz CT molecular complexity index is 2430. The molecule has 2 aromatic heterocycles. The predicted molar refractivity (Wildman–Crippen MR) is 183 cm³/mol. The number of halogens is 5. The number of sulfone groups is 1. The van der Waals surface area contributed by atoms with E-state index < -0.39 is 69.5 Å². The van der Waals surface area contributed by atoms with E-state index >= 15 is 0 Å². The Morgan fingerprint density at radius 3 is 2.12 bits per heavy atom. The van der Waals surface area contributed by atoms with Crippen LogP contribution < -0.4 is 21.9 Å². The standard InChI is InChI=1S/C34H28F5N5O6S2/c1-42(31(46)34(37,38)39)16-24-27-29(45)44(21-12-14-22(15-13-21)52(2,49)50)33(48)43(17-23-25(35)4-3-5-26(23)36)30(27)51-28(24)18-6-8-19(9-7-18)40-32(47)41-20-10-11-20/h3-9,12-15,20H,10-11,16-17H2,1-2H3,(H2,40,41,47). The lowest BCUT2D eigenvalue weighted by molar-refractivity contribution is -0.184. The third-order valence-corrected chi connectivity index (χ3v) is 10.7. The van der Waals surface area contributed by atoms with E-state index in [0.29, 0.717) is 20.7 Å². The van der Waals surface area contributed by atoms with Crippen LogP contribution in [0.2, 0.25) is 0 Å². The van der Waals surface area contributed by atoms with Crippen molar-refractivity contribution in [2.75, 3.05) is 18.6 Å². The molecule has 2 N–H and O–H groups in total. The summed E-state index contributed by atoms with van der Waals surface area (Å²) in [5.41, 5.74) is -2.26. The lowest BCUT2D eigenvalue weighted by atomic mass is 10.1. The molecule has 52 heavy (non-hydrogen) atoms. The molecule has 1 saturated carbocycles. The highest BCUT2D eigenvalue weighted by Crippen LogP contribution is 2.39. The molecule has 5 aromatic rings. The highest BCUT2D eigenvalue weighted by molar-refractivity contribution is 7.90. The van der Waals surface area contributed by atoms with E-state index in [1.54, 1.807) is 0 Å². The zero-order chi connectivity index (χ0) is 37.7. The van der Waals surface area contributed by atoms with Crippen molar-refractivity contribution < 1.29 is 40.0 Å². The normalized spacial score (nSPS) is 13.3. The number of nitrogens with one attached hydrogen (secondary N) is 2. The molecule has 0 atom stereocenters. The van der Waals surface area contributed by atoms with Crippen molar-refractivity contribution >= 4 is 49.0 Å². The zero-order valence-corrected chi connectivity index (χ0v) is 28.9. The van der Waals surface area contributed by atoms with Crippen molar-refractivity contribution in [1.82, 2.24) is 19.4 Å². The molecule has 3 amide bonds. The molecule has 0 radical (unpaired) electrons. The minimum Gasteiger partial charge on any atom is -0.335 e. The van der Waals surface area contributed by atoms with E-state index in [2.05, 4.69) is 10.6 Å². The Morgan fingerprint density at radius 2 is 1.56 bits per heavy atom. The number of hydrogen-bond acceptors (Lipinski definition) is 7. The lowest BCUT2D eigenvalue weighted by Crippen LogP contribution is -2.40. The second kappa shape index (κ2) is 13.6. The topological polar surface area (TPSA) is 140 Å². The summed E-state index contributed by atoms with van der Waals surface area (Å²) in [5, 5.41) is 5.11. The van der Waals surface area contributed by atoms with Crippen LogP contribution in [0, 0.1) is 11.6 Å². The van der Waals surface area contributed by atoms with E-state index in [1.807, 2.05) is 0 Å². The quantitative estimate of drug-likeness (QED) is 0.193. The van der Waals surface area contributed by atoms with Gasteiger partial charge in [-0.05, 0) is 66.9 Å². The van der Waals surface area contributed by atoms with Crippen LogP contribution in [0.3, 0.4) is 0 Å². The summed E-state index contributed by atoms with van der Waals surface area (Å²) < 4.78 is 96.4. The Balaban J connectivity index is 1.60. The molecule has 1 fully saturated rings. The van der Waals surface area contributed by atoms with E-state index in [0.717, 1.165) is 84.5 Å². The van der Waals surface area contributed by atoms with Gasteiger partial charge in [0, 0.05) is 47.6 Å². The van der Waals surface area contributed by atoms with Gasteiger partial charge in [0.25, 0.3) is 5.56 Å². The fraction of sp³-hybridized carbons (Fsp3) is 0.235. The fourth-order valence-electron chi connectivity index (χ4n) is 5.51. The number of hydrogen-bond donors (Lipinski definition) is 2. The molecular weight excluding hydrogens is 734 g/mol. The van der Waals surface area contributed by atoms with Gasteiger partial charge in [0.05, 0.1) is 22.5 Å². The summed E-state index contributed by atoms with van der Waals surface area (Å²) in [6, 6.07) is 13.3. The minimum atomic E-state index is -5.28. The molecule has 3 aromatic carbocycles. The van der Waals surface area contributed by atoms with Crippen LogP contribution in [-0.2, 0) is 27.7 Å². The highest BCUT2D eigenvalue weighted by Gasteiger charge is 2.41. The molecule has 1 aliphatic rings. The fourth-order valence-corrected chi connectivity index (χ4v) is 7.45. The number of thiophene rings is 1. The number of urea groups is 1. The smallest absolute Gasteiger partial charge is 0.335 e. The van der Waals surface area contributed by atoms with Gasteiger partial charge in [0.2, 0.25) is 0 Å². The molecule has 0 bridgehead atoms. The highest BCUT2D eigenvalue weighted by atomic mass is 32.2. The van der Waals surface area contributed by atoms with Gasteiger partial charge in [-0.3, -0.25) is 14.2 Å². The summed E-state index contributed by atoms with van der Waals surface area (Å²) in [6.07, 6.45) is -2.62. The first-order valence-corrected chi connectivity index (χ1v) is 18.2. The minimum absolute atomic E-state index is 0.0777. The number of nitrogens with zero attached hydrogens (tertiary/aromatic N) is 3. The molecule has 1 aliphatic carbocycles. The summed E-state index contributed by atoms with van der Waals surface area (Å²) in [7, 11) is -2.83. The largest absolute Gasteiger partial charge is 0.471 e. The molecule has 0 saturated heterocycles. The number of carbonyl (C=O) groups excluding carboxylic acids is 2. The van der Waals surface area contributed by atoms with E-state index in [9.17, 15) is 49.5 Å². The maximum Gasteiger partial charge on any atom is 0.471 e. The van der Waals surface area contributed by atoms with Gasteiger partial charge in [-0.15, -0.1) is 11.3 Å². The van der Waals surface area contributed by atoms with Crippen LogP contribution in [0.25, 0.3) is 26.3 Å². The van der Waals surface area contributed by atoms with E-state index in [4.69, 9.17) is 0 Å². The first-order chi connectivity index (χ1) is 24.4. The van der Waals surface area contributed by atoms with Gasteiger partial charge in [-0.1, -0.05) is 18.2 Å². The van der Waals surface area contributed by atoms with Crippen LogP contribution in [0.5, 0.6) is 0 Å². The number of anilines is 1. The van der Waals surface area contributed by atoms with Gasteiger partial charge in [0.1, 0.15) is 16.5 Å². The SMILES string of the molecule is CN(Cc1c(-c2ccc(NC(=O)NC3CC3)cc2)sc2c1c(=O)n(-c1ccc(S(C)(=O)=O)cc1)c(=O)n2Cc1c(F)cccc1F)C(=O)C(F)(F)F. The van der Waals surface area contributed by atoms with Crippen LogP contribution in [0.1, 0.15) is 24.0 Å². The average molecular weight is 762 g/mol. The molecule has 0 unspecified atom stereocenters. The lowest BCUT2D eigenvalue weighted by Gasteiger charge is -2.19. The van der Waals surface area contributed by atoms with Crippen molar-refractivity contribution in [3.8, 4) is 16.1 Å². The number of aromatic nitrogens is 2. The van der Waals surface area contributed by atoms with Crippen LogP contribution >= 0.6 is 11.3 Å². The zero-order valence-electron chi connectivity index (χ0n) is 27.3. The summed E-state index contributed by atoms with van der Waals surface area (Å²) in [6.45, 7) is -1.54. The molecule has 18 heteroatoms. The van der Waals surface area contributed by atoms with Crippen molar-refractivity contribution in [3.63, 3.8) is 0 Å². The predicted octanol–water partition coefficient (Wildman–Crippen LogP) is 5.42. The van der Waals surface area contributed by atoms with Gasteiger partial charge in [-0.25, -0.2) is 31.4 Å². The number of benzene rings is 3. The number of fused-ring (bicyclic) bond motifs is 1. The molecule has 2 heterocycles. The van der Waals surface area contributed by atoms with Gasteiger partial charge in [-0.2, -0.15) is 13.2 Å². The van der Waals surface area contributed by atoms with Crippen molar-refractivity contribution in [2.24, 2.45) is 0 Å². The third-order valence-electron chi connectivity index (χ3n) is 8.28. The average Bonchev–Trinajstić information content (AvgIpc) is 3.81. The Morgan fingerprint density at radius 1 is 0.942 bits per heavy atom. The maximum atomic E-state index is 15.0. The Kier molecular flexibility index (Phi) is 9.56. The second-order valence-corrected chi connectivity index (χ2v) is 15.2. The van der Waals surface area contributed by atoms with E-state index in [1.165, 1.54) is 24.3 Å². The Labute approximate surface area is 295 Å². The summed E-state index contributed by atoms with van der Waals surface area (Å²) in [5.74, 6) is -4.26. The van der Waals surface area contributed by atoms with Crippen molar-refractivity contribution in [3.05, 3.63) is 110 Å². The molecule has 0 aliphatic heterocycles. The van der Waals surface area contributed by atoms with Gasteiger partial charge < -0.3 is 15.5 Å². The van der Waals surface area contributed by atoms with E-state index in [-0.39, 0.29) is 37.3 Å². The van der Waals surface area contributed by atoms with Gasteiger partial charge >= 0.3 is 23.8 Å². The van der Waals surface area contributed by atoms with Crippen molar-refractivity contribution in [1.29, 1.82) is 0 Å². The van der Waals surface area contributed by atoms with Crippen LogP contribution in [0.15, 0.2) is 81.2 Å². The van der Waals surface area contributed by atoms with Gasteiger partial charge in [0.15, 0.2) is 9.84 Å². The number of amides is 3. The second-order valence-electron chi connectivity index (χ2n) is 12.2. The molecule has 0 spiro atoms. The van der Waals surface area contributed by atoms with Crippen molar-refractivity contribution in [2.45, 2.75) is 43.0 Å². The first kappa shape index (κ1) is 36.4. The number of carbonyl (C=O) groups is 2. The number of alkyl halides is 3. The maximum absolute atomic E-state index is 15.0. The number of rotatable bonds is 9.